The number of benzene rings is 1. The Morgan fingerprint density at radius 3 is 2.44 bits per heavy atom. The Morgan fingerprint density at radius 1 is 1.28 bits per heavy atom. The molecule has 0 aliphatic carbocycles. The van der Waals surface area contributed by atoms with Crippen molar-refractivity contribution in [2.75, 3.05) is 6.61 Å². The summed E-state index contributed by atoms with van der Waals surface area (Å²) < 4.78 is 43.4. The second kappa shape index (κ2) is 4.75. The molecule has 2 aromatic rings. The normalized spacial score (nSPS) is 12.7. The van der Waals surface area contributed by atoms with Gasteiger partial charge in [-0.1, -0.05) is 5.16 Å². The average Bonchev–Trinajstić information content (AvgIpc) is 2.84. The molecule has 1 aromatic carbocycles. The van der Waals surface area contributed by atoms with Gasteiger partial charge in [-0.05, 0) is 12.1 Å². The Labute approximate surface area is 99.0 Å². The highest BCUT2D eigenvalue weighted by molar-refractivity contribution is 5.53. The van der Waals surface area contributed by atoms with Crippen LogP contribution in [0, 0.1) is 17.5 Å². The first-order valence-corrected chi connectivity index (χ1v) is 4.88. The quantitative estimate of drug-likeness (QED) is 0.807. The first-order valence-electron chi connectivity index (χ1n) is 4.88. The van der Waals surface area contributed by atoms with Gasteiger partial charge in [0.2, 0.25) is 0 Å². The Morgan fingerprint density at radius 2 is 1.89 bits per heavy atom. The molecule has 0 fully saturated rings. The number of aliphatic hydroxyl groups excluding tert-OH is 1. The van der Waals surface area contributed by atoms with Crippen molar-refractivity contribution >= 4 is 0 Å². The predicted octanol–water partition coefficient (Wildman–Crippen LogP) is 1.15. The second-order valence-electron chi connectivity index (χ2n) is 3.50. The van der Waals surface area contributed by atoms with Gasteiger partial charge < -0.3 is 15.4 Å². The van der Waals surface area contributed by atoms with Crippen LogP contribution >= 0.6 is 0 Å². The largest absolute Gasteiger partial charge is 0.394 e. The maximum absolute atomic E-state index is 13.0. The minimum Gasteiger partial charge on any atom is -0.394 e. The number of nitrogens with zero attached hydrogens (tertiary/aromatic N) is 2. The average molecular weight is 259 g/mol. The molecule has 0 aliphatic rings. The van der Waals surface area contributed by atoms with E-state index in [4.69, 9.17) is 15.4 Å². The molecule has 0 radical (unpaired) electrons. The lowest BCUT2D eigenvalue weighted by atomic mass is 10.2. The van der Waals surface area contributed by atoms with E-state index in [1.165, 1.54) is 0 Å². The molecule has 1 atom stereocenters. The van der Waals surface area contributed by atoms with Crippen LogP contribution in [0.3, 0.4) is 0 Å². The van der Waals surface area contributed by atoms with E-state index < -0.39 is 30.1 Å². The zero-order chi connectivity index (χ0) is 13.3. The third kappa shape index (κ3) is 2.20. The number of halogens is 3. The van der Waals surface area contributed by atoms with E-state index in [1.54, 1.807) is 0 Å². The maximum atomic E-state index is 13.0. The summed E-state index contributed by atoms with van der Waals surface area (Å²) in [5.41, 5.74) is 5.31. The standard InChI is InChI=1S/C10H8F3N3O2/c11-5-1-4(2-6(12)8(5)13)10-15-9(16-18-10)7(14)3-17/h1-2,7,17H,3,14H2. The lowest BCUT2D eigenvalue weighted by Crippen LogP contribution is -2.15. The van der Waals surface area contributed by atoms with Gasteiger partial charge in [-0.25, -0.2) is 13.2 Å². The molecule has 0 saturated carbocycles. The van der Waals surface area contributed by atoms with Gasteiger partial charge in [0.05, 0.1) is 12.6 Å². The zero-order valence-electron chi connectivity index (χ0n) is 8.90. The maximum Gasteiger partial charge on any atom is 0.258 e. The molecule has 1 aromatic heterocycles. The van der Waals surface area contributed by atoms with Gasteiger partial charge in [0.25, 0.3) is 5.89 Å². The minimum atomic E-state index is -1.58. The third-order valence-corrected chi connectivity index (χ3v) is 2.20. The highest BCUT2D eigenvalue weighted by Gasteiger charge is 2.18. The molecule has 18 heavy (non-hydrogen) atoms. The molecule has 2 rings (SSSR count). The van der Waals surface area contributed by atoms with Crippen LogP contribution in [0.1, 0.15) is 11.9 Å². The van der Waals surface area contributed by atoms with E-state index in [9.17, 15) is 13.2 Å². The van der Waals surface area contributed by atoms with Crippen molar-refractivity contribution in [1.29, 1.82) is 0 Å². The molecule has 0 bridgehead atoms. The van der Waals surface area contributed by atoms with Crippen LogP contribution in [0.15, 0.2) is 16.7 Å². The monoisotopic (exact) mass is 259 g/mol. The molecule has 0 aliphatic heterocycles. The molecule has 0 spiro atoms. The van der Waals surface area contributed by atoms with Crippen molar-refractivity contribution in [2.24, 2.45) is 5.73 Å². The molecule has 3 N–H and O–H groups in total. The number of nitrogens with two attached hydrogens (primary N) is 1. The van der Waals surface area contributed by atoms with Crippen LogP contribution in [0.2, 0.25) is 0 Å². The fraction of sp³-hybridized carbons (Fsp3) is 0.200. The zero-order valence-corrected chi connectivity index (χ0v) is 8.90. The van der Waals surface area contributed by atoms with Crippen LogP contribution in [-0.4, -0.2) is 21.9 Å². The minimum absolute atomic E-state index is 0.0161. The van der Waals surface area contributed by atoms with Gasteiger partial charge in [0, 0.05) is 5.56 Å². The van der Waals surface area contributed by atoms with Gasteiger partial charge in [0.1, 0.15) is 0 Å². The predicted molar refractivity (Wildman–Crippen MR) is 53.6 cm³/mol. The fourth-order valence-corrected chi connectivity index (χ4v) is 1.26. The van der Waals surface area contributed by atoms with E-state index in [2.05, 4.69) is 10.1 Å². The second-order valence-corrected chi connectivity index (χ2v) is 3.50. The van der Waals surface area contributed by atoms with Gasteiger partial charge in [0.15, 0.2) is 23.3 Å². The summed E-state index contributed by atoms with van der Waals surface area (Å²) in [6, 6.07) is 0.581. The smallest absolute Gasteiger partial charge is 0.258 e. The van der Waals surface area contributed by atoms with Crippen molar-refractivity contribution in [3.63, 3.8) is 0 Å². The lowest BCUT2D eigenvalue weighted by molar-refractivity contribution is 0.260. The Bertz CT molecular complexity index is 550. The summed E-state index contributed by atoms with van der Waals surface area (Å²) in [6.45, 7) is -0.412. The molecule has 5 nitrogen and oxygen atoms in total. The van der Waals surface area contributed by atoms with Crippen molar-refractivity contribution in [1.82, 2.24) is 10.1 Å². The van der Waals surface area contributed by atoms with Crippen molar-refractivity contribution in [2.45, 2.75) is 6.04 Å². The van der Waals surface area contributed by atoms with Crippen molar-refractivity contribution < 1.29 is 22.8 Å². The fourth-order valence-electron chi connectivity index (χ4n) is 1.26. The van der Waals surface area contributed by atoms with Crippen LogP contribution in [0.25, 0.3) is 11.5 Å². The summed E-state index contributed by atoms with van der Waals surface area (Å²) >= 11 is 0. The lowest BCUT2D eigenvalue weighted by Gasteiger charge is -1.99. The Hall–Kier alpha value is -1.93. The molecular formula is C10H8F3N3O2. The van der Waals surface area contributed by atoms with Crippen LogP contribution in [-0.2, 0) is 0 Å². The van der Waals surface area contributed by atoms with Gasteiger partial charge >= 0.3 is 0 Å². The van der Waals surface area contributed by atoms with E-state index in [1.807, 2.05) is 0 Å². The van der Waals surface area contributed by atoms with E-state index in [-0.39, 0.29) is 17.3 Å². The highest BCUT2D eigenvalue weighted by Crippen LogP contribution is 2.23. The first-order chi connectivity index (χ1) is 8.52. The molecule has 96 valence electrons. The molecular weight excluding hydrogens is 251 g/mol. The SMILES string of the molecule is NC(CO)c1noc(-c2cc(F)c(F)c(F)c2)n1. The van der Waals surface area contributed by atoms with Gasteiger partial charge in [-0.3, -0.25) is 0 Å². The molecule has 0 saturated heterocycles. The van der Waals surface area contributed by atoms with Crippen LogP contribution < -0.4 is 5.73 Å². The van der Waals surface area contributed by atoms with Crippen molar-refractivity contribution in [3.8, 4) is 11.5 Å². The summed E-state index contributed by atoms with van der Waals surface area (Å²) in [6.07, 6.45) is 0. The molecule has 1 unspecified atom stereocenters. The van der Waals surface area contributed by atoms with Crippen molar-refractivity contribution in [3.05, 3.63) is 35.4 Å². The Kier molecular flexibility index (Phi) is 3.30. The number of aromatic nitrogens is 2. The van der Waals surface area contributed by atoms with Gasteiger partial charge in [-0.15, -0.1) is 0 Å². The summed E-state index contributed by atoms with van der Waals surface area (Å²) in [5.74, 6) is -4.54. The molecule has 8 heteroatoms. The Balaban J connectivity index is 2.40. The topological polar surface area (TPSA) is 85.2 Å². The molecule has 1 heterocycles. The number of hydrogen-bond donors (Lipinski definition) is 2. The number of aliphatic hydroxyl groups is 1. The summed E-state index contributed by atoms with van der Waals surface area (Å²) in [4.78, 5) is 3.74. The number of hydrogen-bond acceptors (Lipinski definition) is 5. The van der Waals surface area contributed by atoms with Crippen LogP contribution in [0.5, 0.6) is 0 Å². The van der Waals surface area contributed by atoms with E-state index in [0.717, 1.165) is 12.1 Å². The van der Waals surface area contributed by atoms with E-state index in [0.29, 0.717) is 0 Å². The third-order valence-electron chi connectivity index (χ3n) is 2.20. The highest BCUT2D eigenvalue weighted by atomic mass is 19.2. The van der Waals surface area contributed by atoms with Crippen LogP contribution in [0.4, 0.5) is 13.2 Å². The summed E-state index contributed by atoms with van der Waals surface area (Å²) in [7, 11) is 0. The molecule has 0 amide bonds. The summed E-state index contributed by atoms with van der Waals surface area (Å²) in [5, 5.41) is 12.2. The van der Waals surface area contributed by atoms with E-state index >= 15 is 0 Å². The van der Waals surface area contributed by atoms with Gasteiger partial charge in [-0.2, -0.15) is 4.98 Å². The first kappa shape index (κ1) is 12.5. The number of rotatable bonds is 3.